The molecule has 0 atom stereocenters. The topological polar surface area (TPSA) is 96.2 Å². The van der Waals surface area contributed by atoms with Crippen molar-refractivity contribution in [1.82, 2.24) is 20.4 Å². The molecule has 1 rings (SSSR count). The average molecular weight is 296 g/mol. The molecule has 0 aliphatic heterocycles. The van der Waals surface area contributed by atoms with E-state index in [0.29, 0.717) is 19.5 Å². The van der Waals surface area contributed by atoms with Crippen LogP contribution >= 0.6 is 0 Å². The first-order valence-corrected chi connectivity index (χ1v) is 6.99. The van der Waals surface area contributed by atoms with Gasteiger partial charge in [-0.3, -0.25) is 9.48 Å². The molecule has 0 aliphatic carbocycles. The lowest BCUT2D eigenvalue weighted by atomic mass is 9.84. The third-order valence-corrected chi connectivity index (χ3v) is 3.31. The molecule has 1 aromatic heterocycles. The molecular formula is C14H24N4O3. The molecule has 0 bridgehead atoms. The molecule has 7 nitrogen and oxygen atoms in total. The number of nitrogens with zero attached hydrogens (tertiary/aromatic N) is 2. The Labute approximate surface area is 124 Å². The number of amides is 2. The van der Waals surface area contributed by atoms with Gasteiger partial charge in [-0.2, -0.15) is 5.10 Å². The molecule has 21 heavy (non-hydrogen) atoms. The molecule has 0 aromatic carbocycles. The van der Waals surface area contributed by atoms with E-state index in [-0.39, 0.29) is 17.9 Å². The van der Waals surface area contributed by atoms with E-state index in [4.69, 9.17) is 5.11 Å². The lowest BCUT2D eigenvalue weighted by Gasteiger charge is -2.23. The number of aliphatic carboxylic acids is 1. The zero-order chi connectivity index (χ0) is 15.9. The number of hydrogen-bond donors (Lipinski definition) is 3. The maximum Gasteiger partial charge on any atom is 0.315 e. The van der Waals surface area contributed by atoms with Gasteiger partial charge < -0.3 is 15.7 Å². The van der Waals surface area contributed by atoms with Gasteiger partial charge in [-0.25, -0.2) is 4.79 Å². The summed E-state index contributed by atoms with van der Waals surface area (Å²) in [6, 6.07) is -0.229. The van der Waals surface area contributed by atoms with Crippen molar-refractivity contribution in [2.45, 2.75) is 39.7 Å². The average Bonchev–Trinajstić information content (AvgIpc) is 2.80. The Morgan fingerprint density at radius 1 is 1.33 bits per heavy atom. The number of rotatable bonds is 8. The number of carboxylic acid groups (broad SMARTS) is 1. The molecule has 118 valence electrons. The summed E-state index contributed by atoms with van der Waals surface area (Å²) in [5, 5.41) is 18.2. The minimum absolute atomic E-state index is 0.102. The van der Waals surface area contributed by atoms with Gasteiger partial charge in [0, 0.05) is 38.3 Å². The molecule has 0 spiro atoms. The standard InChI is InChI=1S/C14H24N4O3/c1-14(2,5-4-12(19)20)6-7-15-13(21)16-8-11-9-17-18(3)10-11/h9-10H,4-8H2,1-3H3,(H,19,20)(H2,15,16,21). The van der Waals surface area contributed by atoms with E-state index in [1.807, 2.05) is 27.1 Å². The van der Waals surface area contributed by atoms with Crippen molar-refractivity contribution < 1.29 is 14.7 Å². The van der Waals surface area contributed by atoms with Crippen molar-refractivity contribution in [2.75, 3.05) is 6.54 Å². The van der Waals surface area contributed by atoms with Crippen molar-refractivity contribution in [3.05, 3.63) is 18.0 Å². The lowest BCUT2D eigenvalue weighted by molar-refractivity contribution is -0.137. The molecular weight excluding hydrogens is 272 g/mol. The van der Waals surface area contributed by atoms with Crippen LogP contribution < -0.4 is 10.6 Å². The highest BCUT2D eigenvalue weighted by Crippen LogP contribution is 2.25. The zero-order valence-electron chi connectivity index (χ0n) is 12.8. The summed E-state index contributed by atoms with van der Waals surface area (Å²) in [4.78, 5) is 22.2. The molecule has 0 aliphatic rings. The van der Waals surface area contributed by atoms with Gasteiger partial charge in [0.05, 0.1) is 6.20 Å². The van der Waals surface area contributed by atoms with Gasteiger partial charge in [0.2, 0.25) is 0 Å². The minimum atomic E-state index is -0.787. The van der Waals surface area contributed by atoms with Gasteiger partial charge in [-0.05, 0) is 18.3 Å². The highest BCUT2D eigenvalue weighted by molar-refractivity contribution is 5.73. The van der Waals surface area contributed by atoms with E-state index < -0.39 is 5.97 Å². The predicted octanol–water partition coefficient (Wildman–Crippen LogP) is 1.50. The van der Waals surface area contributed by atoms with Crippen molar-refractivity contribution in [3.63, 3.8) is 0 Å². The molecule has 1 aromatic rings. The summed E-state index contributed by atoms with van der Waals surface area (Å²) in [5.74, 6) is -0.787. The van der Waals surface area contributed by atoms with E-state index in [2.05, 4.69) is 15.7 Å². The number of carbonyl (C=O) groups is 2. The molecule has 0 saturated carbocycles. The Morgan fingerprint density at radius 3 is 2.62 bits per heavy atom. The van der Waals surface area contributed by atoms with E-state index in [9.17, 15) is 9.59 Å². The molecule has 0 unspecified atom stereocenters. The monoisotopic (exact) mass is 296 g/mol. The first-order chi connectivity index (χ1) is 9.78. The van der Waals surface area contributed by atoms with Crippen LogP contribution in [0.4, 0.5) is 4.79 Å². The van der Waals surface area contributed by atoms with Crippen LogP contribution in [0, 0.1) is 5.41 Å². The summed E-state index contributed by atoms with van der Waals surface area (Å²) in [7, 11) is 1.82. The van der Waals surface area contributed by atoms with Gasteiger partial charge in [-0.1, -0.05) is 13.8 Å². The molecule has 0 fully saturated rings. The summed E-state index contributed by atoms with van der Waals surface area (Å²) < 4.78 is 1.68. The van der Waals surface area contributed by atoms with Crippen LogP contribution in [0.15, 0.2) is 12.4 Å². The fourth-order valence-corrected chi connectivity index (χ4v) is 1.89. The first-order valence-electron chi connectivity index (χ1n) is 6.99. The van der Waals surface area contributed by atoms with Gasteiger partial charge in [-0.15, -0.1) is 0 Å². The number of carbonyl (C=O) groups excluding carboxylic acids is 1. The highest BCUT2D eigenvalue weighted by Gasteiger charge is 2.19. The van der Waals surface area contributed by atoms with Crippen molar-refractivity contribution in [1.29, 1.82) is 0 Å². The van der Waals surface area contributed by atoms with E-state index in [1.54, 1.807) is 10.9 Å². The van der Waals surface area contributed by atoms with Crippen molar-refractivity contribution >= 4 is 12.0 Å². The minimum Gasteiger partial charge on any atom is -0.481 e. The van der Waals surface area contributed by atoms with Crippen LogP contribution in [0.1, 0.15) is 38.7 Å². The van der Waals surface area contributed by atoms with Crippen LogP contribution in [0.5, 0.6) is 0 Å². The van der Waals surface area contributed by atoms with Crippen LogP contribution in [-0.4, -0.2) is 33.4 Å². The SMILES string of the molecule is Cn1cc(CNC(=O)NCCC(C)(C)CCC(=O)O)cn1. The second-order valence-corrected chi connectivity index (χ2v) is 5.94. The highest BCUT2D eigenvalue weighted by atomic mass is 16.4. The Balaban J connectivity index is 2.19. The van der Waals surface area contributed by atoms with Crippen molar-refractivity contribution in [2.24, 2.45) is 12.5 Å². The summed E-state index contributed by atoms with van der Waals surface area (Å²) in [5.41, 5.74) is 0.837. The van der Waals surface area contributed by atoms with Gasteiger partial charge >= 0.3 is 12.0 Å². The van der Waals surface area contributed by atoms with Gasteiger partial charge in [0.15, 0.2) is 0 Å². The maximum absolute atomic E-state index is 11.6. The lowest BCUT2D eigenvalue weighted by Crippen LogP contribution is -2.36. The number of carboxylic acids is 1. The van der Waals surface area contributed by atoms with E-state index >= 15 is 0 Å². The van der Waals surface area contributed by atoms with Crippen LogP contribution in [0.25, 0.3) is 0 Å². The maximum atomic E-state index is 11.6. The molecule has 2 amide bonds. The molecule has 0 saturated heterocycles. The molecule has 3 N–H and O–H groups in total. The number of hydrogen-bond acceptors (Lipinski definition) is 3. The van der Waals surface area contributed by atoms with Crippen molar-refractivity contribution in [3.8, 4) is 0 Å². The van der Waals surface area contributed by atoms with Gasteiger partial charge in [0.1, 0.15) is 0 Å². The third kappa shape index (κ3) is 7.34. The Hall–Kier alpha value is -2.05. The quantitative estimate of drug-likeness (QED) is 0.677. The number of aryl methyl sites for hydroxylation is 1. The second kappa shape index (κ2) is 7.66. The largest absolute Gasteiger partial charge is 0.481 e. The van der Waals surface area contributed by atoms with Crippen LogP contribution in [0.2, 0.25) is 0 Å². The normalized spacial score (nSPS) is 11.2. The van der Waals surface area contributed by atoms with Crippen LogP contribution in [-0.2, 0) is 18.4 Å². The summed E-state index contributed by atoms with van der Waals surface area (Å²) >= 11 is 0. The van der Waals surface area contributed by atoms with E-state index in [1.165, 1.54) is 0 Å². The number of urea groups is 1. The van der Waals surface area contributed by atoms with Gasteiger partial charge in [0.25, 0.3) is 0 Å². The summed E-state index contributed by atoms with van der Waals surface area (Å²) in [6.45, 7) is 4.96. The predicted molar refractivity (Wildman–Crippen MR) is 78.7 cm³/mol. The number of nitrogens with one attached hydrogen (secondary N) is 2. The Bertz CT molecular complexity index is 482. The first kappa shape index (κ1) is 17.0. The fraction of sp³-hybridized carbons (Fsp3) is 0.643. The zero-order valence-corrected chi connectivity index (χ0v) is 12.8. The Kier molecular flexibility index (Phi) is 6.20. The smallest absolute Gasteiger partial charge is 0.315 e. The van der Waals surface area contributed by atoms with Crippen LogP contribution in [0.3, 0.4) is 0 Å². The van der Waals surface area contributed by atoms with E-state index in [0.717, 1.165) is 12.0 Å². The fourth-order valence-electron chi connectivity index (χ4n) is 1.89. The number of aromatic nitrogens is 2. The third-order valence-electron chi connectivity index (χ3n) is 3.31. The summed E-state index contributed by atoms with van der Waals surface area (Å²) in [6.07, 6.45) is 5.03. The Morgan fingerprint density at radius 2 is 2.05 bits per heavy atom. The second-order valence-electron chi connectivity index (χ2n) is 5.94. The molecule has 7 heteroatoms. The molecule has 0 radical (unpaired) electrons. The molecule has 1 heterocycles.